The summed E-state index contributed by atoms with van der Waals surface area (Å²) < 4.78 is 0. The van der Waals surface area contributed by atoms with Crippen molar-refractivity contribution in [1.82, 2.24) is 10.2 Å². The highest BCUT2D eigenvalue weighted by Crippen LogP contribution is 2.17. The first-order chi connectivity index (χ1) is 10.7. The minimum atomic E-state index is 0. The molecule has 0 spiro atoms. The van der Waals surface area contributed by atoms with Gasteiger partial charge in [0.05, 0.1) is 0 Å². The number of nitrogens with one attached hydrogen (secondary N) is 1. The number of rotatable bonds is 5. The summed E-state index contributed by atoms with van der Waals surface area (Å²) in [5.41, 5.74) is 2.66. The number of hydrogen-bond acceptors (Lipinski definition) is 3. The lowest BCUT2D eigenvalue weighted by Gasteiger charge is -2.37. The summed E-state index contributed by atoms with van der Waals surface area (Å²) >= 11 is 1.90. The Bertz CT molecular complexity index is 487. The van der Waals surface area contributed by atoms with Crippen LogP contribution in [-0.4, -0.2) is 62.6 Å². The molecule has 2 rings (SSSR count). The Balaban J connectivity index is 0.00000264. The average Bonchev–Trinajstić information content (AvgIpc) is 2.55. The Kier molecular flexibility index (Phi) is 9.78. The maximum atomic E-state index is 4.43. The van der Waals surface area contributed by atoms with E-state index in [1.807, 2.05) is 18.8 Å². The van der Waals surface area contributed by atoms with E-state index in [9.17, 15) is 0 Å². The first-order valence-corrected chi connectivity index (χ1v) is 9.40. The highest BCUT2D eigenvalue weighted by molar-refractivity contribution is 14.0. The zero-order valence-corrected chi connectivity index (χ0v) is 17.6. The van der Waals surface area contributed by atoms with Crippen molar-refractivity contribution in [3.8, 4) is 0 Å². The largest absolute Gasteiger partial charge is 0.368 e. The zero-order chi connectivity index (χ0) is 15.8. The van der Waals surface area contributed by atoms with Gasteiger partial charge < -0.3 is 15.1 Å². The molecular formula is C17H29IN4S. The molecule has 4 nitrogen and oxygen atoms in total. The Morgan fingerprint density at radius 3 is 2.61 bits per heavy atom. The monoisotopic (exact) mass is 448 g/mol. The van der Waals surface area contributed by atoms with Gasteiger partial charge in [-0.15, -0.1) is 24.0 Å². The van der Waals surface area contributed by atoms with Gasteiger partial charge in [0, 0.05) is 45.5 Å². The summed E-state index contributed by atoms with van der Waals surface area (Å²) in [7, 11) is 1.88. The van der Waals surface area contributed by atoms with Gasteiger partial charge in [-0.1, -0.05) is 12.1 Å². The molecule has 1 heterocycles. The first-order valence-electron chi connectivity index (χ1n) is 8.00. The molecule has 1 aromatic rings. The summed E-state index contributed by atoms with van der Waals surface area (Å²) in [5, 5.41) is 3.48. The number of benzene rings is 1. The van der Waals surface area contributed by atoms with E-state index in [-0.39, 0.29) is 24.0 Å². The van der Waals surface area contributed by atoms with Gasteiger partial charge in [-0.05, 0) is 43.0 Å². The highest BCUT2D eigenvalue weighted by atomic mass is 127. The van der Waals surface area contributed by atoms with Crippen LogP contribution in [0.5, 0.6) is 0 Å². The van der Waals surface area contributed by atoms with E-state index in [0.29, 0.717) is 0 Å². The fourth-order valence-electron chi connectivity index (χ4n) is 2.75. The van der Waals surface area contributed by atoms with Crippen molar-refractivity contribution in [2.24, 2.45) is 4.99 Å². The van der Waals surface area contributed by atoms with Crippen LogP contribution in [0.1, 0.15) is 12.0 Å². The van der Waals surface area contributed by atoms with Gasteiger partial charge in [0.1, 0.15) is 0 Å². The van der Waals surface area contributed by atoms with Gasteiger partial charge >= 0.3 is 0 Å². The number of nitrogens with zero attached hydrogens (tertiary/aromatic N) is 3. The molecule has 130 valence electrons. The molecule has 1 aliphatic rings. The SMILES string of the molecule is CN=C(NCCCSC)N1CCN(c2cccc(C)c2)CC1.I. The molecule has 0 aromatic heterocycles. The van der Waals surface area contributed by atoms with Crippen LogP contribution in [0.2, 0.25) is 0 Å². The molecule has 1 fully saturated rings. The third-order valence-corrected chi connectivity index (χ3v) is 4.66. The lowest BCUT2D eigenvalue weighted by atomic mass is 10.2. The quantitative estimate of drug-likeness (QED) is 0.325. The molecule has 0 unspecified atom stereocenters. The Labute approximate surface area is 162 Å². The molecule has 23 heavy (non-hydrogen) atoms. The molecule has 6 heteroatoms. The van der Waals surface area contributed by atoms with Crippen molar-refractivity contribution in [2.45, 2.75) is 13.3 Å². The summed E-state index contributed by atoms with van der Waals surface area (Å²) in [6, 6.07) is 8.77. The molecule has 0 aliphatic carbocycles. The maximum absolute atomic E-state index is 4.43. The van der Waals surface area contributed by atoms with E-state index in [2.05, 4.69) is 57.6 Å². The minimum absolute atomic E-state index is 0. The van der Waals surface area contributed by atoms with E-state index < -0.39 is 0 Å². The predicted molar refractivity (Wildman–Crippen MR) is 115 cm³/mol. The minimum Gasteiger partial charge on any atom is -0.368 e. The highest BCUT2D eigenvalue weighted by Gasteiger charge is 2.19. The number of thioether (sulfide) groups is 1. The number of halogens is 1. The smallest absolute Gasteiger partial charge is 0.193 e. The number of hydrogen-bond donors (Lipinski definition) is 1. The van der Waals surface area contributed by atoms with Gasteiger partial charge in [-0.3, -0.25) is 4.99 Å². The van der Waals surface area contributed by atoms with Gasteiger partial charge in [-0.25, -0.2) is 0 Å². The normalized spacial score (nSPS) is 15.3. The van der Waals surface area contributed by atoms with Gasteiger partial charge in [0.25, 0.3) is 0 Å². The van der Waals surface area contributed by atoms with E-state index >= 15 is 0 Å². The maximum Gasteiger partial charge on any atom is 0.193 e. The fourth-order valence-corrected chi connectivity index (χ4v) is 3.18. The Morgan fingerprint density at radius 1 is 1.26 bits per heavy atom. The van der Waals surface area contributed by atoms with Crippen molar-refractivity contribution in [2.75, 3.05) is 56.7 Å². The number of guanidine groups is 1. The molecule has 0 atom stereocenters. The predicted octanol–water partition coefficient (Wildman–Crippen LogP) is 3.06. The number of aliphatic imine (C=N–C) groups is 1. The van der Waals surface area contributed by atoms with Crippen molar-refractivity contribution in [3.63, 3.8) is 0 Å². The van der Waals surface area contributed by atoms with E-state index in [0.717, 1.165) is 38.7 Å². The molecule has 1 aliphatic heterocycles. The van der Waals surface area contributed by atoms with Crippen LogP contribution in [0.15, 0.2) is 29.3 Å². The molecule has 0 saturated carbocycles. The molecule has 1 saturated heterocycles. The molecular weight excluding hydrogens is 419 g/mol. The zero-order valence-electron chi connectivity index (χ0n) is 14.4. The average molecular weight is 448 g/mol. The van der Waals surface area contributed by atoms with Crippen LogP contribution in [0.4, 0.5) is 5.69 Å². The molecule has 0 bridgehead atoms. The topological polar surface area (TPSA) is 30.9 Å². The van der Waals surface area contributed by atoms with Gasteiger partial charge in [0.2, 0.25) is 0 Å². The molecule has 1 N–H and O–H groups in total. The second-order valence-electron chi connectivity index (χ2n) is 5.63. The van der Waals surface area contributed by atoms with Gasteiger partial charge in [0.15, 0.2) is 5.96 Å². The lowest BCUT2D eigenvalue weighted by molar-refractivity contribution is 0.373. The van der Waals surface area contributed by atoms with E-state index in [4.69, 9.17) is 0 Å². The molecule has 0 radical (unpaired) electrons. The summed E-state index contributed by atoms with van der Waals surface area (Å²) in [4.78, 5) is 9.26. The summed E-state index contributed by atoms with van der Waals surface area (Å²) in [5.74, 6) is 2.25. The van der Waals surface area contributed by atoms with Crippen LogP contribution >= 0.6 is 35.7 Å². The van der Waals surface area contributed by atoms with Crippen LogP contribution in [-0.2, 0) is 0 Å². The van der Waals surface area contributed by atoms with Crippen molar-refractivity contribution in [1.29, 1.82) is 0 Å². The second-order valence-corrected chi connectivity index (χ2v) is 6.62. The van der Waals surface area contributed by atoms with Crippen molar-refractivity contribution in [3.05, 3.63) is 29.8 Å². The molecule has 1 aromatic carbocycles. The second kappa shape index (κ2) is 11.0. The lowest BCUT2D eigenvalue weighted by Crippen LogP contribution is -2.52. The summed E-state index contributed by atoms with van der Waals surface area (Å²) in [6.07, 6.45) is 3.34. The van der Waals surface area contributed by atoms with E-state index in [1.54, 1.807) is 0 Å². The van der Waals surface area contributed by atoms with Crippen LogP contribution in [0, 0.1) is 6.92 Å². The van der Waals surface area contributed by atoms with Crippen LogP contribution in [0.3, 0.4) is 0 Å². The van der Waals surface area contributed by atoms with Crippen LogP contribution < -0.4 is 10.2 Å². The molecule has 0 amide bonds. The number of anilines is 1. The Hall–Kier alpha value is -0.630. The standard InChI is InChI=1S/C17H28N4S.HI/c1-15-6-4-7-16(14-15)20-9-11-21(12-10-20)17(18-2)19-8-5-13-22-3;/h4,6-7,14H,5,8-13H2,1-3H3,(H,18,19);1H. The number of piperazine rings is 1. The van der Waals surface area contributed by atoms with E-state index in [1.165, 1.54) is 23.4 Å². The third-order valence-electron chi connectivity index (χ3n) is 3.97. The summed E-state index contributed by atoms with van der Waals surface area (Å²) in [6.45, 7) is 7.31. The first kappa shape index (κ1) is 20.4. The van der Waals surface area contributed by atoms with Crippen LogP contribution in [0.25, 0.3) is 0 Å². The van der Waals surface area contributed by atoms with Crippen molar-refractivity contribution >= 4 is 47.4 Å². The number of aryl methyl sites for hydroxylation is 1. The third kappa shape index (κ3) is 6.41. The fraction of sp³-hybridized carbons (Fsp3) is 0.588. The van der Waals surface area contributed by atoms with Crippen molar-refractivity contribution < 1.29 is 0 Å². The Morgan fingerprint density at radius 2 is 2.00 bits per heavy atom. The van der Waals surface area contributed by atoms with Gasteiger partial charge in [-0.2, -0.15) is 11.8 Å².